The molecular formula is C18H16ClN3O3. The van der Waals surface area contributed by atoms with Gasteiger partial charge in [-0.15, -0.1) is 0 Å². The van der Waals surface area contributed by atoms with Crippen LogP contribution in [-0.4, -0.2) is 18.0 Å². The van der Waals surface area contributed by atoms with Gasteiger partial charge in [0.2, 0.25) is 0 Å². The summed E-state index contributed by atoms with van der Waals surface area (Å²) in [4.78, 5) is 16.5. The molecule has 128 valence electrons. The molecule has 2 N–H and O–H groups in total. The molecule has 0 aliphatic carbocycles. The maximum absolute atomic E-state index is 12.4. The second kappa shape index (κ2) is 7.72. The van der Waals surface area contributed by atoms with E-state index in [9.17, 15) is 4.79 Å². The summed E-state index contributed by atoms with van der Waals surface area (Å²) in [6.45, 7) is 0.508. The molecule has 0 fully saturated rings. The smallest absolute Gasteiger partial charge is 0.257 e. The number of pyridine rings is 1. The first kappa shape index (κ1) is 16.9. The number of ether oxygens (including phenoxy) is 1. The molecule has 0 spiro atoms. The summed E-state index contributed by atoms with van der Waals surface area (Å²) < 4.78 is 10.3. The highest BCUT2D eigenvalue weighted by molar-refractivity contribution is 6.32. The minimum atomic E-state index is -0.282. The zero-order valence-corrected chi connectivity index (χ0v) is 14.2. The van der Waals surface area contributed by atoms with E-state index in [1.807, 2.05) is 12.1 Å². The van der Waals surface area contributed by atoms with E-state index in [-0.39, 0.29) is 5.91 Å². The molecule has 1 amide bonds. The largest absolute Gasteiger partial charge is 0.495 e. The molecule has 7 heteroatoms. The van der Waals surface area contributed by atoms with Gasteiger partial charge in [-0.1, -0.05) is 11.6 Å². The first-order valence-electron chi connectivity index (χ1n) is 7.52. The van der Waals surface area contributed by atoms with E-state index in [0.29, 0.717) is 28.6 Å². The lowest BCUT2D eigenvalue weighted by atomic mass is 10.2. The monoisotopic (exact) mass is 357 g/mol. The van der Waals surface area contributed by atoms with Gasteiger partial charge < -0.3 is 19.8 Å². The molecule has 2 heterocycles. The number of nitrogens with one attached hydrogen (secondary N) is 2. The molecule has 0 saturated heterocycles. The van der Waals surface area contributed by atoms with Crippen LogP contribution in [0.2, 0.25) is 5.02 Å². The number of benzene rings is 1. The summed E-state index contributed by atoms with van der Waals surface area (Å²) in [7, 11) is 1.53. The van der Waals surface area contributed by atoms with Gasteiger partial charge in [-0.3, -0.25) is 9.78 Å². The van der Waals surface area contributed by atoms with E-state index in [1.54, 1.807) is 36.7 Å². The van der Waals surface area contributed by atoms with Gasteiger partial charge in [-0.05, 0) is 36.4 Å². The number of methoxy groups -OCH3 is 1. The fraction of sp³-hybridized carbons (Fsp3) is 0.111. The van der Waals surface area contributed by atoms with Gasteiger partial charge in [0.25, 0.3) is 5.91 Å². The number of carbonyl (C=O) groups excluding carboxylic acids is 1. The zero-order valence-electron chi connectivity index (χ0n) is 13.5. The van der Waals surface area contributed by atoms with Crippen molar-refractivity contribution in [2.24, 2.45) is 0 Å². The molecule has 0 aliphatic heterocycles. The molecule has 0 unspecified atom stereocenters. The number of amides is 1. The lowest BCUT2D eigenvalue weighted by Crippen LogP contribution is -2.12. The Morgan fingerprint density at radius 3 is 2.84 bits per heavy atom. The van der Waals surface area contributed by atoms with Crippen molar-refractivity contribution in [2.75, 3.05) is 17.7 Å². The Bertz CT molecular complexity index is 866. The Balaban J connectivity index is 1.67. The van der Waals surface area contributed by atoms with Crippen molar-refractivity contribution in [3.05, 3.63) is 71.4 Å². The summed E-state index contributed by atoms with van der Waals surface area (Å²) in [5, 5.41) is 6.36. The molecule has 3 rings (SSSR count). The minimum absolute atomic E-state index is 0.282. The fourth-order valence-corrected chi connectivity index (χ4v) is 2.47. The van der Waals surface area contributed by atoms with Crippen LogP contribution in [0.25, 0.3) is 0 Å². The topological polar surface area (TPSA) is 76.4 Å². The third-order valence-electron chi connectivity index (χ3n) is 3.46. The van der Waals surface area contributed by atoms with Crippen molar-refractivity contribution in [3.8, 4) is 5.75 Å². The second-order valence-electron chi connectivity index (χ2n) is 5.20. The van der Waals surface area contributed by atoms with Crippen molar-refractivity contribution < 1.29 is 13.9 Å². The second-order valence-corrected chi connectivity index (χ2v) is 5.61. The van der Waals surface area contributed by atoms with Crippen LogP contribution >= 0.6 is 11.6 Å². The highest BCUT2D eigenvalue weighted by Gasteiger charge is 2.09. The van der Waals surface area contributed by atoms with Crippen LogP contribution in [0.1, 0.15) is 16.1 Å². The molecule has 0 atom stereocenters. The number of hydrogen-bond acceptors (Lipinski definition) is 5. The third kappa shape index (κ3) is 4.30. The van der Waals surface area contributed by atoms with Crippen LogP contribution in [0.4, 0.5) is 11.4 Å². The summed E-state index contributed by atoms with van der Waals surface area (Å²) in [5.74, 6) is 1.06. The van der Waals surface area contributed by atoms with Crippen molar-refractivity contribution in [1.29, 1.82) is 0 Å². The Kier molecular flexibility index (Phi) is 5.20. The minimum Gasteiger partial charge on any atom is -0.495 e. The van der Waals surface area contributed by atoms with E-state index in [0.717, 1.165) is 11.4 Å². The van der Waals surface area contributed by atoms with Gasteiger partial charge in [0.05, 0.1) is 36.2 Å². The van der Waals surface area contributed by atoms with Crippen LogP contribution < -0.4 is 15.4 Å². The van der Waals surface area contributed by atoms with Crippen molar-refractivity contribution in [3.63, 3.8) is 0 Å². The van der Waals surface area contributed by atoms with Crippen LogP contribution in [0.15, 0.2) is 59.5 Å². The number of carbonyl (C=O) groups is 1. The number of halogens is 1. The van der Waals surface area contributed by atoms with Gasteiger partial charge >= 0.3 is 0 Å². The molecule has 3 aromatic rings. The maximum atomic E-state index is 12.4. The third-order valence-corrected chi connectivity index (χ3v) is 3.75. The number of anilines is 2. The molecule has 2 aromatic heterocycles. The summed E-state index contributed by atoms with van der Waals surface area (Å²) in [6.07, 6.45) is 4.75. The van der Waals surface area contributed by atoms with Crippen molar-refractivity contribution >= 4 is 28.9 Å². The van der Waals surface area contributed by atoms with E-state index >= 15 is 0 Å². The van der Waals surface area contributed by atoms with Crippen LogP contribution in [0, 0.1) is 0 Å². The van der Waals surface area contributed by atoms with Crippen molar-refractivity contribution in [2.45, 2.75) is 6.54 Å². The van der Waals surface area contributed by atoms with Gasteiger partial charge in [0.15, 0.2) is 0 Å². The normalized spacial score (nSPS) is 10.3. The van der Waals surface area contributed by atoms with Gasteiger partial charge in [0, 0.05) is 18.1 Å². The predicted molar refractivity (Wildman–Crippen MR) is 96.2 cm³/mol. The number of nitrogens with zero attached hydrogens (tertiary/aromatic N) is 1. The van der Waals surface area contributed by atoms with Crippen molar-refractivity contribution in [1.82, 2.24) is 4.98 Å². The number of rotatable bonds is 6. The quantitative estimate of drug-likeness (QED) is 0.691. The van der Waals surface area contributed by atoms with Gasteiger partial charge in [0.1, 0.15) is 11.5 Å². The van der Waals surface area contributed by atoms with E-state index < -0.39 is 0 Å². The summed E-state index contributed by atoms with van der Waals surface area (Å²) >= 11 is 6.07. The van der Waals surface area contributed by atoms with Gasteiger partial charge in [-0.25, -0.2) is 0 Å². The molecule has 25 heavy (non-hydrogen) atoms. The standard InChI is InChI=1S/C18H16ClN3O3/c1-24-17-5-4-13(8-16(17)19)22-18(23)12-7-14(10-20-9-12)21-11-15-3-2-6-25-15/h2-10,21H,11H2,1H3,(H,22,23). The van der Waals surface area contributed by atoms with Gasteiger partial charge in [-0.2, -0.15) is 0 Å². The first-order valence-corrected chi connectivity index (χ1v) is 7.89. The lowest BCUT2D eigenvalue weighted by molar-refractivity contribution is 0.102. The molecule has 0 bridgehead atoms. The molecule has 0 radical (unpaired) electrons. The molecule has 0 aliphatic rings. The average Bonchev–Trinajstić information content (AvgIpc) is 3.14. The molecule has 0 saturated carbocycles. The Morgan fingerprint density at radius 1 is 1.24 bits per heavy atom. The Hall–Kier alpha value is -2.99. The molecule has 6 nitrogen and oxygen atoms in total. The van der Waals surface area contributed by atoms with Crippen LogP contribution in [0.3, 0.4) is 0 Å². The van der Waals surface area contributed by atoms with Crippen LogP contribution in [0.5, 0.6) is 5.75 Å². The molecule has 1 aromatic carbocycles. The molecular weight excluding hydrogens is 342 g/mol. The SMILES string of the molecule is COc1ccc(NC(=O)c2cncc(NCc3ccco3)c2)cc1Cl. The predicted octanol–water partition coefficient (Wildman–Crippen LogP) is 4.20. The maximum Gasteiger partial charge on any atom is 0.257 e. The Labute approximate surface area is 149 Å². The van der Waals surface area contributed by atoms with E-state index in [4.69, 9.17) is 20.8 Å². The number of furan rings is 1. The lowest BCUT2D eigenvalue weighted by Gasteiger charge is -2.09. The summed E-state index contributed by atoms with van der Waals surface area (Å²) in [6, 6.07) is 10.4. The summed E-state index contributed by atoms with van der Waals surface area (Å²) in [5.41, 5.74) is 1.72. The highest BCUT2D eigenvalue weighted by atomic mass is 35.5. The van der Waals surface area contributed by atoms with E-state index in [1.165, 1.54) is 13.3 Å². The van der Waals surface area contributed by atoms with E-state index in [2.05, 4.69) is 15.6 Å². The average molecular weight is 358 g/mol. The Morgan fingerprint density at radius 2 is 2.12 bits per heavy atom. The highest BCUT2D eigenvalue weighted by Crippen LogP contribution is 2.27. The number of aromatic nitrogens is 1. The number of hydrogen-bond donors (Lipinski definition) is 2. The van der Waals surface area contributed by atoms with Crippen LogP contribution in [-0.2, 0) is 6.54 Å². The fourth-order valence-electron chi connectivity index (χ4n) is 2.21. The zero-order chi connectivity index (χ0) is 17.6. The first-order chi connectivity index (χ1) is 12.2.